The Morgan fingerprint density at radius 2 is 1.96 bits per heavy atom. The molecule has 0 radical (unpaired) electrons. The molecule has 3 atom stereocenters. The standard InChI is InChI=1S/C20H21BrF2N2O2/c21-15-8-4-7-14(18(15)23)11-17-19(24)16(22)9-10-25(17)20(26)27-12-13-5-2-1-3-6-13/h1-8,16-17,19H,9-12,24H2/t16-,17?,19-/m0/s1. The highest BCUT2D eigenvalue weighted by atomic mass is 79.9. The molecule has 3 rings (SSSR count). The fourth-order valence-electron chi connectivity index (χ4n) is 3.28. The van der Waals surface area contributed by atoms with Crippen molar-refractivity contribution >= 4 is 22.0 Å². The van der Waals surface area contributed by atoms with Crippen molar-refractivity contribution in [1.29, 1.82) is 0 Å². The summed E-state index contributed by atoms with van der Waals surface area (Å²) in [5, 5.41) is 0. The Morgan fingerprint density at radius 1 is 1.22 bits per heavy atom. The Hall–Kier alpha value is -1.99. The van der Waals surface area contributed by atoms with Crippen LogP contribution in [0.3, 0.4) is 0 Å². The molecule has 1 heterocycles. The van der Waals surface area contributed by atoms with Crippen LogP contribution in [-0.4, -0.2) is 35.8 Å². The molecule has 0 aliphatic carbocycles. The second kappa shape index (κ2) is 8.80. The number of benzene rings is 2. The monoisotopic (exact) mass is 438 g/mol. The third-order valence-electron chi connectivity index (χ3n) is 4.81. The summed E-state index contributed by atoms with van der Waals surface area (Å²) in [4.78, 5) is 14.0. The molecule has 0 aromatic heterocycles. The van der Waals surface area contributed by atoms with E-state index < -0.39 is 30.2 Å². The number of nitrogens with zero attached hydrogens (tertiary/aromatic N) is 1. The molecule has 1 unspecified atom stereocenters. The molecule has 1 saturated heterocycles. The van der Waals surface area contributed by atoms with E-state index in [9.17, 15) is 13.6 Å². The second-order valence-corrected chi connectivity index (χ2v) is 7.45. The van der Waals surface area contributed by atoms with Crippen molar-refractivity contribution in [3.05, 3.63) is 69.9 Å². The number of hydrogen-bond acceptors (Lipinski definition) is 3. The van der Waals surface area contributed by atoms with Crippen molar-refractivity contribution in [3.8, 4) is 0 Å². The van der Waals surface area contributed by atoms with Crippen LogP contribution in [0.5, 0.6) is 0 Å². The summed E-state index contributed by atoms with van der Waals surface area (Å²) in [6.07, 6.45) is -1.56. The average Bonchev–Trinajstić information content (AvgIpc) is 2.68. The maximum Gasteiger partial charge on any atom is 0.410 e. The normalized spacial score (nSPS) is 22.5. The molecule has 0 saturated carbocycles. The third-order valence-corrected chi connectivity index (χ3v) is 5.42. The number of carbonyl (C=O) groups excluding carboxylic acids is 1. The quantitative estimate of drug-likeness (QED) is 0.777. The fraction of sp³-hybridized carbons (Fsp3) is 0.350. The number of ether oxygens (including phenoxy) is 1. The lowest BCUT2D eigenvalue weighted by Gasteiger charge is -2.40. The largest absolute Gasteiger partial charge is 0.445 e. The van der Waals surface area contributed by atoms with Gasteiger partial charge in [0.15, 0.2) is 0 Å². The average molecular weight is 439 g/mol. The number of halogens is 3. The zero-order chi connectivity index (χ0) is 19.4. The van der Waals surface area contributed by atoms with E-state index in [0.717, 1.165) is 5.56 Å². The maximum atomic E-state index is 14.4. The smallest absolute Gasteiger partial charge is 0.410 e. The molecule has 2 aromatic carbocycles. The van der Waals surface area contributed by atoms with Crippen LogP contribution in [0.15, 0.2) is 53.0 Å². The number of amides is 1. The number of carbonyl (C=O) groups is 1. The summed E-state index contributed by atoms with van der Waals surface area (Å²) < 4.78 is 34.3. The van der Waals surface area contributed by atoms with E-state index in [1.54, 1.807) is 18.2 Å². The number of likely N-dealkylation sites (tertiary alicyclic amines) is 1. The van der Waals surface area contributed by atoms with E-state index in [1.165, 1.54) is 4.90 Å². The molecule has 7 heteroatoms. The topological polar surface area (TPSA) is 55.6 Å². The van der Waals surface area contributed by atoms with Crippen LogP contribution in [-0.2, 0) is 17.8 Å². The summed E-state index contributed by atoms with van der Waals surface area (Å²) in [7, 11) is 0. The van der Waals surface area contributed by atoms with E-state index in [0.29, 0.717) is 10.0 Å². The Labute approximate surface area is 165 Å². The minimum atomic E-state index is -1.25. The van der Waals surface area contributed by atoms with Crippen LogP contribution in [0.2, 0.25) is 0 Å². The molecule has 1 aliphatic rings. The third kappa shape index (κ3) is 4.65. The summed E-state index contributed by atoms with van der Waals surface area (Å²) in [6, 6.07) is 12.6. The van der Waals surface area contributed by atoms with E-state index in [-0.39, 0.29) is 26.0 Å². The van der Waals surface area contributed by atoms with E-state index in [2.05, 4.69) is 15.9 Å². The molecule has 1 amide bonds. The summed E-state index contributed by atoms with van der Waals surface area (Å²) in [6.45, 7) is 0.297. The highest BCUT2D eigenvalue weighted by Gasteiger charge is 2.39. The van der Waals surface area contributed by atoms with Crippen LogP contribution in [0.4, 0.5) is 13.6 Å². The van der Waals surface area contributed by atoms with Crippen LogP contribution >= 0.6 is 15.9 Å². The van der Waals surface area contributed by atoms with Crippen LogP contribution < -0.4 is 5.73 Å². The molecule has 1 fully saturated rings. The van der Waals surface area contributed by atoms with Gasteiger partial charge in [0.05, 0.1) is 16.6 Å². The molecular weight excluding hydrogens is 418 g/mol. The minimum absolute atomic E-state index is 0.114. The number of alkyl halides is 1. The van der Waals surface area contributed by atoms with Gasteiger partial charge in [-0.2, -0.15) is 0 Å². The molecule has 27 heavy (non-hydrogen) atoms. The zero-order valence-electron chi connectivity index (χ0n) is 14.7. The van der Waals surface area contributed by atoms with Gasteiger partial charge in [0.1, 0.15) is 18.6 Å². The molecular formula is C20H21BrF2N2O2. The number of nitrogens with two attached hydrogens (primary N) is 1. The van der Waals surface area contributed by atoms with Gasteiger partial charge in [0.2, 0.25) is 0 Å². The van der Waals surface area contributed by atoms with E-state index in [4.69, 9.17) is 10.5 Å². The van der Waals surface area contributed by atoms with Crippen molar-refractivity contribution in [3.63, 3.8) is 0 Å². The predicted octanol–water partition coefficient (Wildman–Crippen LogP) is 4.21. The first-order valence-electron chi connectivity index (χ1n) is 8.77. The van der Waals surface area contributed by atoms with Gasteiger partial charge in [-0.25, -0.2) is 13.6 Å². The van der Waals surface area contributed by atoms with Crippen molar-refractivity contribution < 1.29 is 18.3 Å². The molecule has 0 bridgehead atoms. The minimum Gasteiger partial charge on any atom is -0.445 e. The number of rotatable bonds is 4. The van der Waals surface area contributed by atoms with Crippen molar-refractivity contribution in [2.45, 2.75) is 37.7 Å². The first-order valence-corrected chi connectivity index (χ1v) is 9.56. The Morgan fingerprint density at radius 3 is 2.70 bits per heavy atom. The van der Waals surface area contributed by atoms with Crippen LogP contribution in [0.25, 0.3) is 0 Å². The van der Waals surface area contributed by atoms with Gasteiger partial charge in [-0.05, 0) is 46.0 Å². The molecule has 2 aromatic rings. The Kier molecular flexibility index (Phi) is 6.44. The SMILES string of the molecule is N[C@@H]1C(Cc2cccc(Br)c2F)N(C(=O)OCc2ccccc2)CC[C@@H]1F. The van der Waals surface area contributed by atoms with E-state index in [1.807, 2.05) is 30.3 Å². The van der Waals surface area contributed by atoms with Gasteiger partial charge < -0.3 is 15.4 Å². The van der Waals surface area contributed by atoms with Gasteiger partial charge in [0.25, 0.3) is 0 Å². The van der Waals surface area contributed by atoms with Gasteiger partial charge in [0, 0.05) is 6.54 Å². The lowest BCUT2D eigenvalue weighted by molar-refractivity contribution is 0.0392. The van der Waals surface area contributed by atoms with Gasteiger partial charge >= 0.3 is 6.09 Å². The lowest BCUT2D eigenvalue weighted by Crippen LogP contribution is -2.60. The summed E-state index contributed by atoms with van der Waals surface area (Å²) >= 11 is 3.15. The molecule has 144 valence electrons. The summed E-state index contributed by atoms with van der Waals surface area (Å²) in [5.74, 6) is -0.428. The Balaban J connectivity index is 1.75. The van der Waals surface area contributed by atoms with Crippen molar-refractivity contribution in [2.75, 3.05) is 6.54 Å². The zero-order valence-corrected chi connectivity index (χ0v) is 16.2. The summed E-state index contributed by atoms with van der Waals surface area (Å²) in [5.41, 5.74) is 7.26. The highest BCUT2D eigenvalue weighted by Crippen LogP contribution is 2.26. The lowest BCUT2D eigenvalue weighted by atomic mass is 9.90. The van der Waals surface area contributed by atoms with Gasteiger partial charge in [-0.1, -0.05) is 42.5 Å². The highest BCUT2D eigenvalue weighted by molar-refractivity contribution is 9.10. The molecule has 0 spiro atoms. The number of hydrogen-bond donors (Lipinski definition) is 1. The second-order valence-electron chi connectivity index (χ2n) is 6.60. The first kappa shape index (κ1) is 19.8. The first-order chi connectivity index (χ1) is 13.0. The molecule has 4 nitrogen and oxygen atoms in total. The van der Waals surface area contributed by atoms with Crippen LogP contribution in [0, 0.1) is 5.82 Å². The Bertz CT molecular complexity index is 791. The van der Waals surface area contributed by atoms with Crippen molar-refractivity contribution in [1.82, 2.24) is 4.90 Å². The molecule has 1 aliphatic heterocycles. The fourth-order valence-corrected chi connectivity index (χ4v) is 3.68. The van der Waals surface area contributed by atoms with Gasteiger partial charge in [-0.15, -0.1) is 0 Å². The van der Waals surface area contributed by atoms with Gasteiger partial charge in [-0.3, -0.25) is 0 Å². The van der Waals surface area contributed by atoms with Crippen molar-refractivity contribution in [2.24, 2.45) is 5.73 Å². The molecule has 2 N–H and O–H groups in total. The predicted molar refractivity (Wildman–Crippen MR) is 102 cm³/mol. The van der Waals surface area contributed by atoms with E-state index >= 15 is 0 Å². The maximum absolute atomic E-state index is 14.4. The number of piperidine rings is 1. The van der Waals surface area contributed by atoms with Crippen LogP contribution in [0.1, 0.15) is 17.5 Å².